The maximum atomic E-state index is 13.0. The van der Waals surface area contributed by atoms with Gasteiger partial charge >= 0.3 is 5.97 Å². The highest BCUT2D eigenvalue weighted by molar-refractivity contribution is 5.85. The number of hydrogen-bond donors (Lipinski definition) is 1. The van der Waals surface area contributed by atoms with Gasteiger partial charge in [0.05, 0.1) is 6.61 Å². The Morgan fingerprint density at radius 3 is 2.43 bits per heavy atom. The van der Waals surface area contributed by atoms with Gasteiger partial charge < -0.3 is 10.1 Å². The van der Waals surface area contributed by atoms with Crippen LogP contribution in [-0.4, -0.2) is 17.6 Å². The second-order valence-corrected chi connectivity index (χ2v) is 4.71. The number of ether oxygens (including phenoxy) is 1. The number of pyridine rings is 1. The largest absolute Gasteiger partial charge is 0.464 e. The number of nitrogens with one attached hydrogen (secondary N) is 1. The predicted octanol–water partition coefficient (Wildman–Crippen LogP) is 3.11. The summed E-state index contributed by atoms with van der Waals surface area (Å²) in [6.45, 7) is 3.76. The van der Waals surface area contributed by atoms with Crippen LogP contribution in [0.4, 0.5) is 10.1 Å². The van der Waals surface area contributed by atoms with E-state index in [0.717, 1.165) is 5.56 Å². The Bertz CT molecular complexity index is 601. The van der Waals surface area contributed by atoms with Crippen molar-refractivity contribution in [3.63, 3.8) is 0 Å². The van der Waals surface area contributed by atoms with E-state index in [1.165, 1.54) is 12.1 Å². The summed E-state index contributed by atoms with van der Waals surface area (Å²) in [6, 6.07) is 9.31. The van der Waals surface area contributed by atoms with Gasteiger partial charge in [-0.15, -0.1) is 0 Å². The number of esters is 1. The van der Waals surface area contributed by atoms with Crippen molar-refractivity contribution >= 4 is 11.7 Å². The van der Waals surface area contributed by atoms with Gasteiger partial charge in [-0.05, 0) is 55.8 Å². The molecule has 21 heavy (non-hydrogen) atoms. The Morgan fingerprint density at radius 2 is 1.86 bits per heavy atom. The molecule has 1 atom stereocenters. The molecule has 1 aromatic carbocycles. The van der Waals surface area contributed by atoms with Crippen LogP contribution < -0.4 is 5.32 Å². The summed E-state index contributed by atoms with van der Waals surface area (Å²) in [6.07, 6.45) is 3.22. The van der Waals surface area contributed by atoms with E-state index in [4.69, 9.17) is 4.74 Å². The van der Waals surface area contributed by atoms with Gasteiger partial charge in [-0.1, -0.05) is 0 Å². The molecule has 110 valence electrons. The van der Waals surface area contributed by atoms with Crippen LogP contribution in [0.25, 0.3) is 0 Å². The number of halogens is 1. The van der Waals surface area contributed by atoms with E-state index in [1.807, 2.05) is 0 Å². The van der Waals surface area contributed by atoms with Crippen LogP contribution in [0.5, 0.6) is 0 Å². The quantitative estimate of drug-likeness (QED) is 0.859. The highest BCUT2D eigenvalue weighted by atomic mass is 19.1. The van der Waals surface area contributed by atoms with Crippen molar-refractivity contribution in [2.24, 2.45) is 0 Å². The van der Waals surface area contributed by atoms with Gasteiger partial charge in [0, 0.05) is 18.1 Å². The van der Waals surface area contributed by atoms with E-state index in [0.29, 0.717) is 5.69 Å². The first-order valence-corrected chi connectivity index (χ1v) is 6.67. The number of carbonyl (C=O) groups is 1. The van der Waals surface area contributed by atoms with Gasteiger partial charge in [0.2, 0.25) is 0 Å². The Hall–Kier alpha value is -2.43. The second-order valence-electron chi connectivity index (χ2n) is 4.71. The van der Waals surface area contributed by atoms with E-state index >= 15 is 0 Å². The average molecular weight is 288 g/mol. The van der Waals surface area contributed by atoms with Crippen molar-refractivity contribution in [2.45, 2.75) is 19.4 Å². The summed E-state index contributed by atoms with van der Waals surface area (Å²) in [7, 11) is 0. The smallest absolute Gasteiger partial charge is 0.336 e. The maximum absolute atomic E-state index is 13.0. The fourth-order valence-corrected chi connectivity index (χ4v) is 2.02. The zero-order valence-corrected chi connectivity index (χ0v) is 12.0. The van der Waals surface area contributed by atoms with Crippen molar-refractivity contribution in [3.05, 3.63) is 60.2 Å². The first-order valence-electron chi connectivity index (χ1n) is 6.67. The lowest BCUT2D eigenvalue weighted by Gasteiger charge is -2.30. The summed E-state index contributed by atoms with van der Waals surface area (Å²) in [5, 5.41) is 3.11. The van der Waals surface area contributed by atoms with Gasteiger partial charge in [-0.25, -0.2) is 9.18 Å². The predicted molar refractivity (Wildman–Crippen MR) is 78.2 cm³/mol. The minimum atomic E-state index is -1.07. The lowest BCUT2D eigenvalue weighted by Crippen LogP contribution is -2.42. The molecule has 1 heterocycles. The maximum Gasteiger partial charge on any atom is 0.336 e. The topological polar surface area (TPSA) is 51.2 Å². The number of aromatic nitrogens is 1. The number of benzene rings is 1. The third-order valence-electron chi connectivity index (χ3n) is 3.18. The molecule has 0 bridgehead atoms. The number of nitrogens with zero attached hydrogens (tertiary/aromatic N) is 1. The summed E-state index contributed by atoms with van der Waals surface area (Å²) in [5.74, 6) is -0.733. The number of carbonyl (C=O) groups excluding carboxylic acids is 1. The highest BCUT2D eigenvalue weighted by Crippen LogP contribution is 2.27. The van der Waals surface area contributed by atoms with Crippen LogP contribution in [0.1, 0.15) is 19.4 Å². The van der Waals surface area contributed by atoms with Crippen LogP contribution >= 0.6 is 0 Å². The number of hydrogen-bond acceptors (Lipinski definition) is 4. The molecule has 0 saturated heterocycles. The minimum Gasteiger partial charge on any atom is -0.464 e. The van der Waals surface area contributed by atoms with Gasteiger partial charge in [0.25, 0.3) is 0 Å². The fraction of sp³-hybridized carbons (Fsp3) is 0.250. The van der Waals surface area contributed by atoms with E-state index in [9.17, 15) is 9.18 Å². The highest BCUT2D eigenvalue weighted by Gasteiger charge is 2.36. The molecule has 0 amide bonds. The van der Waals surface area contributed by atoms with Gasteiger partial charge in [-0.3, -0.25) is 4.98 Å². The zero-order chi connectivity index (χ0) is 15.3. The Balaban J connectivity index is 2.36. The third-order valence-corrected chi connectivity index (χ3v) is 3.18. The van der Waals surface area contributed by atoms with Crippen molar-refractivity contribution in [1.29, 1.82) is 0 Å². The molecule has 5 heteroatoms. The third kappa shape index (κ3) is 3.37. The van der Waals surface area contributed by atoms with Gasteiger partial charge in [0.1, 0.15) is 5.82 Å². The van der Waals surface area contributed by atoms with Crippen molar-refractivity contribution in [1.82, 2.24) is 4.98 Å². The first kappa shape index (κ1) is 15.0. The first-order chi connectivity index (χ1) is 10.1. The van der Waals surface area contributed by atoms with Crippen LogP contribution in [0.15, 0.2) is 48.8 Å². The molecule has 2 aromatic rings. The number of rotatable bonds is 5. The summed E-state index contributed by atoms with van der Waals surface area (Å²) in [4.78, 5) is 16.3. The summed E-state index contributed by atoms with van der Waals surface area (Å²) >= 11 is 0. The summed E-state index contributed by atoms with van der Waals surface area (Å²) in [5.41, 5.74) is 0.278. The zero-order valence-electron chi connectivity index (χ0n) is 12.0. The molecule has 0 saturated carbocycles. The van der Waals surface area contributed by atoms with Crippen molar-refractivity contribution < 1.29 is 13.9 Å². The lowest BCUT2D eigenvalue weighted by molar-refractivity contribution is -0.148. The monoisotopic (exact) mass is 288 g/mol. The van der Waals surface area contributed by atoms with Crippen LogP contribution in [-0.2, 0) is 15.1 Å². The average Bonchev–Trinajstić information content (AvgIpc) is 2.50. The van der Waals surface area contributed by atoms with Crippen molar-refractivity contribution in [2.75, 3.05) is 11.9 Å². The van der Waals surface area contributed by atoms with Gasteiger partial charge in [-0.2, -0.15) is 0 Å². The molecule has 1 unspecified atom stereocenters. The molecule has 0 radical (unpaired) electrons. The van der Waals surface area contributed by atoms with E-state index in [1.54, 1.807) is 50.5 Å². The Kier molecular flexibility index (Phi) is 4.52. The molecular weight excluding hydrogens is 271 g/mol. The molecule has 0 aliphatic heterocycles. The summed E-state index contributed by atoms with van der Waals surface area (Å²) < 4.78 is 18.2. The molecule has 1 N–H and O–H groups in total. The molecule has 0 fully saturated rings. The molecule has 4 nitrogen and oxygen atoms in total. The Morgan fingerprint density at radius 1 is 1.24 bits per heavy atom. The van der Waals surface area contributed by atoms with Crippen molar-refractivity contribution in [3.8, 4) is 0 Å². The fourth-order valence-electron chi connectivity index (χ4n) is 2.02. The SMILES string of the molecule is CCOC(=O)C(C)(Nc1ccc(F)cc1)c1ccncc1. The molecule has 0 spiro atoms. The van der Waals surface area contributed by atoms with Crippen LogP contribution in [0.2, 0.25) is 0 Å². The standard InChI is InChI=1S/C16H17FN2O2/c1-3-21-15(20)16(2,12-8-10-18-11-9-12)19-14-6-4-13(17)5-7-14/h4-11,19H,3H2,1-2H3. The van der Waals surface area contributed by atoms with E-state index in [2.05, 4.69) is 10.3 Å². The van der Waals surface area contributed by atoms with Crippen LogP contribution in [0.3, 0.4) is 0 Å². The van der Waals surface area contributed by atoms with Crippen LogP contribution in [0, 0.1) is 5.82 Å². The molecular formula is C16H17FN2O2. The normalized spacial score (nSPS) is 13.3. The molecule has 1 aromatic heterocycles. The van der Waals surface area contributed by atoms with Gasteiger partial charge in [0.15, 0.2) is 5.54 Å². The molecule has 0 aliphatic rings. The number of anilines is 1. The van der Waals surface area contributed by atoms with E-state index in [-0.39, 0.29) is 12.4 Å². The minimum absolute atomic E-state index is 0.282. The molecule has 2 rings (SSSR count). The second kappa shape index (κ2) is 6.35. The van der Waals surface area contributed by atoms with E-state index < -0.39 is 11.5 Å². The molecule has 0 aliphatic carbocycles. The lowest BCUT2D eigenvalue weighted by atomic mass is 9.92. The Labute approximate surface area is 123 Å².